The molecule has 2 aliphatic rings. The normalized spacial score (nSPS) is 20.1. The molecule has 0 N–H and O–H groups in total. The summed E-state index contributed by atoms with van der Waals surface area (Å²) < 4.78 is 44.3. The van der Waals surface area contributed by atoms with Crippen LogP contribution in [-0.4, -0.2) is 35.5 Å². The number of carbonyl (C=O) groups excluding carboxylic acids is 2. The van der Waals surface area contributed by atoms with Crippen LogP contribution in [0.1, 0.15) is 30.9 Å². The Labute approximate surface area is 136 Å². The van der Waals surface area contributed by atoms with Gasteiger partial charge in [0.2, 0.25) is 5.91 Å². The first-order chi connectivity index (χ1) is 11.2. The second kappa shape index (κ2) is 5.65. The number of piperidine rings is 1. The zero-order valence-electron chi connectivity index (χ0n) is 13.0. The van der Waals surface area contributed by atoms with Gasteiger partial charge < -0.3 is 9.64 Å². The lowest BCUT2D eigenvalue weighted by molar-refractivity contribution is -0.149. The van der Waals surface area contributed by atoms with Gasteiger partial charge in [-0.1, -0.05) is 12.1 Å². The van der Waals surface area contributed by atoms with E-state index in [9.17, 15) is 22.8 Å². The number of alkyl halides is 3. The number of ether oxygens (including phenoxy) is 1. The maximum Gasteiger partial charge on any atom is 0.416 e. The van der Waals surface area contributed by atoms with Gasteiger partial charge in [-0.05, 0) is 17.7 Å². The maximum atomic E-state index is 12.9. The molecule has 0 bridgehead atoms. The van der Waals surface area contributed by atoms with E-state index in [1.54, 1.807) is 11.0 Å². The van der Waals surface area contributed by atoms with Gasteiger partial charge in [-0.3, -0.25) is 4.79 Å². The summed E-state index contributed by atoms with van der Waals surface area (Å²) in [6.45, 7) is 2.26. The number of amides is 1. The van der Waals surface area contributed by atoms with Crippen LogP contribution in [0, 0.1) is 0 Å². The van der Waals surface area contributed by atoms with E-state index in [1.807, 2.05) is 0 Å². The van der Waals surface area contributed by atoms with E-state index in [-0.39, 0.29) is 5.91 Å². The molecule has 3 rings (SSSR count). The zero-order chi connectivity index (χ0) is 17.5. The molecule has 1 fully saturated rings. The number of carbonyl (C=O) groups is 2. The Bertz CT molecular complexity index is 716. The largest absolute Gasteiger partial charge is 0.451 e. The summed E-state index contributed by atoms with van der Waals surface area (Å²) in [6.07, 6.45) is -2.44. The van der Waals surface area contributed by atoms with Gasteiger partial charge in [0.1, 0.15) is 5.60 Å². The molecular formula is C17H16F3NO3. The number of esters is 1. The minimum Gasteiger partial charge on any atom is -0.451 e. The zero-order valence-corrected chi connectivity index (χ0v) is 13.0. The predicted molar refractivity (Wildman–Crippen MR) is 79.7 cm³/mol. The van der Waals surface area contributed by atoms with Crippen molar-refractivity contribution < 1.29 is 27.5 Å². The summed E-state index contributed by atoms with van der Waals surface area (Å²) >= 11 is 0. The minimum absolute atomic E-state index is 0.0706. The monoisotopic (exact) mass is 339 g/mol. The van der Waals surface area contributed by atoms with E-state index in [2.05, 4.69) is 0 Å². The molecule has 0 atom stereocenters. The summed E-state index contributed by atoms with van der Waals surface area (Å²) in [5.41, 5.74) is -0.932. The van der Waals surface area contributed by atoms with Crippen LogP contribution in [0.15, 0.2) is 30.3 Å². The van der Waals surface area contributed by atoms with Gasteiger partial charge in [0, 0.05) is 44.5 Å². The lowest BCUT2D eigenvalue weighted by Gasteiger charge is -2.39. The molecule has 4 nitrogen and oxygen atoms in total. The molecular weight excluding hydrogens is 323 g/mol. The van der Waals surface area contributed by atoms with Gasteiger partial charge in [-0.2, -0.15) is 13.2 Å². The molecule has 1 amide bonds. The molecule has 1 spiro atoms. The molecule has 1 aromatic carbocycles. The first-order valence-corrected chi connectivity index (χ1v) is 7.60. The van der Waals surface area contributed by atoms with E-state index >= 15 is 0 Å². The first kappa shape index (κ1) is 16.5. The van der Waals surface area contributed by atoms with Gasteiger partial charge in [-0.15, -0.1) is 0 Å². The highest BCUT2D eigenvalue weighted by molar-refractivity contribution is 5.99. The van der Waals surface area contributed by atoms with E-state index < -0.39 is 23.3 Å². The van der Waals surface area contributed by atoms with Crippen molar-refractivity contribution in [1.82, 2.24) is 4.90 Å². The fourth-order valence-electron chi connectivity index (χ4n) is 3.29. The number of benzene rings is 1. The summed E-state index contributed by atoms with van der Waals surface area (Å²) in [5.74, 6) is -0.627. The van der Waals surface area contributed by atoms with Gasteiger partial charge in [-0.25, -0.2) is 4.79 Å². The minimum atomic E-state index is -4.45. The molecule has 0 radical (unpaired) electrons. The first-order valence-electron chi connectivity index (χ1n) is 7.60. The lowest BCUT2D eigenvalue weighted by atomic mass is 9.81. The van der Waals surface area contributed by atoms with E-state index in [0.717, 1.165) is 12.1 Å². The highest BCUT2D eigenvalue weighted by atomic mass is 19.4. The van der Waals surface area contributed by atoms with Crippen molar-refractivity contribution in [3.05, 3.63) is 41.5 Å². The summed E-state index contributed by atoms with van der Waals surface area (Å²) in [6, 6.07) is 4.89. The van der Waals surface area contributed by atoms with E-state index in [0.29, 0.717) is 37.1 Å². The average molecular weight is 339 g/mol. The van der Waals surface area contributed by atoms with E-state index in [4.69, 9.17) is 4.74 Å². The standard InChI is InChI=1S/C17H16F3NO3/c1-11(22)21-7-5-16(6-8-21)14(10-15(23)24-16)12-3-2-4-13(9-12)17(18,19)20/h2-4,9-10H,5-8H2,1H3. The third kappa shape index (κ3) is 2.90. The number of hydrogen-bond donors (Lipinski definition) is 0. The second-order valence-corrected chi connectivity index (χ2v) is 6.06. The van der Waals surface area contributed by atoms with Gasteiger partial charge in [0.25, 0.3) is 0 Å². The van der Waals surface area contributed by atoms with Crippen molar-refractivity contribution in [1.29, 1.82) is 0 Å². The second-order valence-electron chi connectivity index (χ2n) is 6.06. The van der Waals surface area contributed by atoms with Crippen LogP contribution in [0.4, 0.5) is 13.2 Å². The van der Waals surface area contributed by atoms with E-state index in [1.165, 1.54) is 19.1 Å². The van der Waals surface area contributed by atoms with Crippen LogP contribution in [0.2, 0.25) is 0 Å². The molecule has 2 heterocycles. The van der Waals surface area contributed by atoms with Gasteiger partial charge in [0.05, 0.1) is 5.56 Å². The third-order valence-corrected chi connectivity index (χ3v) is 4.57. The predicted octanol–water partition coefficient (Wildman–Crippen LogP) is 3.03. The SMILES string of the molecule is CC(=O)N1CCC2(CC1)OC(=O)C=C2c1cccc(C(F)(F)F)c1. The van der Waals surface area contributed by atoms with Gasteiger partial charge in [0.15, 0.2) is 0 Å². The summed E-state index contributed by atoms with van der Waals surface area (Å²) in [5, 5.41) is 0. The number of rotatable bonds is 1. The number of hydrogen-bond acceptors (Lipinski definition) is 3. The summed E-state index contributed by atoms with van der Waals surface area (Å²) in [7, 11) is 0. The highest BCUT2D eigenvalue weighted by Gasteiger charge is 2.46. The Morgan fingerprint density at radius 1 is 1.25 bits per heavy atom. The Kier molecular flexibility index (Phi) is 3.89. The molecule has 1 aromatic rings. The lowest BCUT2D eigenvalue weighted by Crippen LogP contribution is -2.47. The number of nitrogens with zero attached hydrogens (tertiary/aromatic N) is 1. The summed E-state index contributed by atoms with van der Waals surface area (Å²) in [4.78, 5) is 24.9. The fraction of sp³-hybridized carbons (Fsp3) is 0.412. The Morgan fingerprint density at radius 3 is 2.50 bits per heavy atom. The molecule has 0 aliphatic carbocycles. The van der Waals surface area contributed by atoms with Crippen molar-refractivity contribution in [2.75, 3.05) is 13.1 Å². The Balaban J connectivity index is 1.93. The Hall–Kier alpha value is -2.31. The average Bonchev–Trinajstić information content (AvgIpc) is 2.83. The molecule has 2 aliphatic heterocycles. The highest BCUT2D eigenvalue weighted by Crippen LogP contribution is 2.44. The topological polar surface area (TPSA) is 46.6 Å². The van der Waals surface area contributed by atoms with Crippen LogP contribution in [-0.2, 0) is 20.5 Å². The molecule has 0 saturated carbocycles. The Morgan fingerprint density at radius 2 is 1.92 bits per heavy atom. The molecule has 0 unspecified atom stereocenters. The smallest absolute Gasteiger partial charge is 0.416 e. The maximum absolute atomic E-state index is 12.9. The fourth-order valence-corrected chi connectivity index (χ4v) is 3.29. The van der Waals surface area contributed by atoms with Crippen LogP contribution in [0.5, 0.6) is 0 Å². The molecule has 24 heavy (non-hydrogen) atoms. The third-order valence-electron chi connectivity index (χ3n) is 4.57. The molecule has 128 valence electrons. The van der Waals surface area contributed by atoms with Crippen molar-refractivity contribution in [3.8, 4) is 0 Å². The van der Waals surface area contributed by atoms with Crippen LogP contribution >= 0.6 is 0 Å². The quantitative estimate of drug-likeness (QED) is 0.739. The van der Waals surface area contributed by atoms with Crippen molar-refractivity contribution in [2.24, 2.45) is 0 Å². The molecule has 0 aromatic heterocycles. The van der Waals surface area contributed by atoms with Crippen molar-refractivity contribution in [3.63, 3.8) is 0 Å². The number of halogens is 3. The van der Waals surface area contributed by atoms with Crippen molar-refractivity contribution >= 4 is 17.4 Å². The van der Waals surface area contributed by atoms with Crippen LogP contribution < -0.4 is 0 Å². The van der Waals surface area contributed by atoms with Crippen LogP contribution in [0.3, 0.4) is 0 Å². The molecule has 1 saturated heterocycles. The number of likely N-dealkylation sites (tertiary alicyclic amines) is 1. The van der Waals surface area contributed by atoms with Crippen LogP contribution in [0.25, 0.3) is 5.57 Å². The molecule has 7 heteroatoms. The van der Waals surface area contributed by atoms with Crippen molar-refractivity contribution in [2.45, 2.75) is 31.5 Å². The van der Waals surface area contributed by atoms with Gasteiger partial charge >= 0.3 is 12.1 Å².